The van der Waals surface area contributed by atoms with Crippen molar-refractivity contribution in [1.82, 2.24) is 4.98 Å². The van der Waals surface area contributed by atoms with Gasteiger partial charge in [-0.05, 0) is 138 Å². The van der Waals surface area contributed by atoms with Crippen molar-refractivity contribution in [3.63, 3.8) is 0 Å². The Morgan fingerprint density at radius 1 is 0.297 bits per heavy atom. The molecule has 300 valence electrons. The first kappa shape index (κ1) is 37.2. The first-order valence-electron chi connectivity index (χ1n) is 21.8. The number of hydrogen-bond acceptors (Lipinski definition) is 3. The average molecular weight is 817 g/mol. The van der Waals surface area contributed by atoms with E-state index in [0.717, 1.165) is 61.2 Å². The number of rotatable bonds is 8. The van der Waals surface area contributed by atoms with Crippen LogP contribution in [-0.4, -0.2) is 4.98 Å². The molecule has 0 unspecified atom stereocenters. The number of oxazole rings is 1. The van der Waals surface area contributed by atoms with E-state index in [9.17, 15) is 0 Å². The minimum Gasteiger partial charge on any atom is -0.436 e. The monoisotopic (exact) mass is 816 g/mol. The lowest BCUT2D eigenvalue weighted by atomic mass is 9.93. The van der Waals surface area contributed by atoms with Gasteiger partial charge in [-0.1, -0.05) is 176 Å². The summed E-state index contributed by atoms with van der Waals surface area (Å²) in [6, 6.07) is 86.8. The van der Waals surface area contributed by atoms with Gasteiger partial charge < -0.3 is 9.32 Å². The molecule has 0 aliphatic carbocycles. The second-order valence-electron chi connectivity index (χ2n) is 16.3. The number of benzene rings is 11. The maximum atomic E-state index is 6.20. The SMILES string of the molecule is c1ccc(-c2cccc(N(c3ccc(-c4ccc(-c5cccc6c5ccc5oc(-c7ccccc7)nc56)cc4)cc3)c3ccc(-c4cc5ccccc5c5ccccc45)cc3)c2)cc1. The topological polar surface area (TPSA) is 29.3 Å². The van der Waals surface area contributed by atoms with E-state index in [1.54, 1.807) is 0 Å². The van der Waals surface area contributed by atoms with Crippen molar-refractivity contribution in [3.8, 4) is 56.0 Å². The molecule has 0 saturated carbocycles. The van der Waals surface area contributed by atoms with Crippen molar-refractivity contribution in [1.29, 1.82) is 0 Å². The molecule has 0 aliphatic rings. The van der Waals surface area contributed by atoms with Gasteiger partial charge in [0.2, 0.25) is 5.89 Å². The van der Waals surface area contributed by atoms with Crippen LogP contribution >= 0.6 is 0 Å². The van der Waals surface area contributed by atoms with Crippen LogP contribution in [0.25, 0.3) is 99.4 Å². The van der Waals surface area contributed by atoms with E-state index in [2.05, 4.69) is 211 Å². The Morgan fingerprint density at radius 3 is 1.55 bits per heavy atom. The molecule has 0 atom stereocenters. The van der Waals surface area contributed by atoms with E-state index in [-0.39, 0.29) is 0 Å². The van der Waals surface area contributed by atoms with Gasteiger partial charge in [-0.15, -0.1) is 0 Å². The molecule has 0 aliphatic heterocycles. The molecule has 11 aromatic carbocycles. The second-order valence-corrected chi connectivity index (χ2v) is 16.3. The lowest BCUT2D eigenvalue weighted by molar-refractivity contribution is 0.620. The fourth-order valence-electron chi connectivity index (χ4n) is 9.33. The predicted molar refractivity (Wildman–Crippen MR) is 268 cm³/mol. The normalized spacial score (nSPS) is 11.4. The van der Waals surface area contributed by atoms with Gasteiger partial charge in [0, 0.05) is 28.0 Å². The van der Waals surface area contributed by atoms with Gasteiger partial charge in [0.15, 0.2) is 5.58 Å². The van der Waals surface area contributed by atoms with Crippen LogP contribution in [0.15, 0.2) is 247 Å². The highest BCUT2D eigenvalue weighted by Crippen LogP contribution is 2.41. The average Bonchev–Trinajstić information content (AvgIpc) is 3.83. The number of anilines is 3. The van der Waals surface area contributed by atoms with Gasteiger partial charge in [-0.3, -0.25) is 0 Å². The van der Waals surface area contributed by atoms with Gasteiger partial charge in [0.05, 0.1) is 0 Å². The number of aromatic nitrogens is 1. The van der Waals surface area contributed by atoms with Crippen molar-refractivity contribution in [2.75, 3.05) is 4.90 Å². The highest BCUT2D eigenvalue weighted by molar-refractivity contribution is 6.14. The van der Waals surface area contributed by atoms with E-state index < -0.39 is 0 Å². The van der Waals surface area contributed by atoms with E-state index in [0.29, 0.717) is 5.89 Å². The maximum absolute atomic E-state index is 6.20. The molecule has 3 heteroatoms. The summed E-state index contributed by atoms with van der Waals surface area (Å²) >= 11 is 0. The Balaban J connectivity index is 0.884. The summed E-state index contributed by atoms with van der Waals surface area (Å²) in [5.74, 6) is 0.636. The van der Waals surface area contributed by atoms with Crippen LogP contribution in [0.3, 0.4) is 0 Å². The number of fused-ring (bicyclic) bond motifs is 6. The first-order chi connectivity index (χ1) is 31.7. The summed E-state index contributed by atoms with van der Waals surface area (Å²) in [7, 11) is 0. The Bertz CT molecular complexity index is 3630. The van der Waals surface area contributed by atoms with E-state index in [4.69, 9.17) is 9.40 Å². The number of nitrogens with zero attached hydrogens (tertiary/aromatic N) is 2. The third kappa shape index (κ3) is 6.68. The molecular weight excluding hydrogens is 777 g/mol. The summed E-state index contributed by atoms with van der Waals surface area (Å²) in [6.45, 7) is 0. The Morgan fingerprint density at radius 2 is 0.812 bits per heavy atom. The molecule has 0 N–H and O–H groups in total. The number of hydrogen-bond donors (Lipinski definition) is 0. The molecule has 0 spiro atoms. The van der Waals surface area contributed by atoms with Crippen LogP contribution in [0.2, 0.25) is 0 Å². The van der Waals surface area contributed by atoms with Gasteiger partial charge in [-0.25, -0.2) is 4.98 Å². The highest BCUT2D eigenvalue weighted by atomic mass is 16.3. The van der Waals surface area contributed by atoms with Gasteiger partial charge in [0.25, 0.3) is 0 Å². The van der Waals surface area contributed by atoms with Crippen LogP contribution < -0.4 is 4.90 Å². The van der Waals surface area contributed by atoms with Crippen molar-refractivity contribution >= 4 is 60.5 Å². The van der Waals surface area contributed by atoms with E-state index in [1.165, 1.54) is 49.4 Å². The zero-order valence-corrected chi connectivity index (χ0v) is 34.9. The van der Waals surface area contributed by atoms with E-state index in [1.807, 2.05) is 36.4 Å². The summed E-state index contributed by atoms with van der Waals surface area (Å²) in [5, 5.41) is 7.28. The highest BCUT2D eigenvalue weighted by Gasteiger charge is 2.17. The quantitative estimate of drug-likeness (QED) is 0.143. The molecule has 1 aromatic heterocycles. The van der Waals surface area contributed by atoms with Crippen molar-refractivity contribution in [2.45, 2.75) is 0 Å². The van der Waals surface area contributed by atoms with Crippen LogP contribution in [0.4, 0.5) is 17.1 Å². The predicted octanol–water partition coefficient (Wildman–Crippen LogP) is 17.1. The molecule has 12 rings (SSSR count). The minimum absolute atomic E-state index is 0.636. The molecule has 12 aromatic rings. The standard InChI is InChI=1S/C61H40N2O/c1-3-13-41(14-4-1)47-18-11-19-51(39-47)63(50-35-31-45(32-36-50)58-40-48-17-7-8-20-53(48)54-21-9-10-22-55(54)58)49-33-29-43(30-34-49)42-25-27-44(28-26-42)52-23-12-24-57-56(52)37-38-59-60(57)62-61(64-59)46-15-5-2-6-16-46/h1-40H. The third-order valence-electron chi connectivity index (χ3n) is 12.5. The second kappa shape index (κ2) is 15.7. The Hall–Kier alpha value is -8.53. The maximum Gasteiger partial charge on any atom is 0.227 e. The summed E-state index contributed by atoms with van der Waals surface area (Å²) in [5.41, 5.74) is 15.3. The molecule has 3 nitrogen and oxygen atoms in total. The smallest absolute Gasteiger partial charge is 0.227 e. The first-order valence-corrected chi connectivity index (χ1v) is 21.8. The molecule has 0 bridgehead atoms. The fourth-order valence-corrected chi connectivity index (χ4v) is 9.33. The molecule has 64 heavy (non-hydrogen) atoms. The van der Waals surface area contributed by atoms with Crippen LogP contribution in [0.1, 0.15) is 0 Å². The summed E-state index contributed by atoms with van der Waals surface area (Å²) in [4.78, 5) is 7.30. The Labute approximate surface area is 371 Å². The largest absolute Gasteiger partial charge is 0.436 e. The van der Waals surface area contributed by atoms with Crippen LogP contribution in [0, 0.1) is 0 Å². The van der Waals surface area contributed by atoms with Gasteiger partial charge in [-0.2, -0.15) is 0 Å². The van der Waals surface area contributed by atoms with E-state index >= 15 is 0 Å². The lowest BCUT2D eigenvalue weighted by Gasteiger charge is -2.26. The molecule has 1 heterocycles. The molecular formula is C61H40N2O. The molecule has 0 radical (unpaired) electrons. The van der Waals surface area contributed by atoms with Gasteiger partial charge in [0.1, 0.15) is 5.52 Å². The Kier molecular flexibility index (Phi) is 9.16. The zero-order valence-electron chi connectivity index (χ0n) is 34.9. The van der Waals surface area contributed by atoms with Crippen molar-refractivity contribution < 1.29 is 4.42 Å². The molecule has 0 fully saturated rings. The fraction of sp³-hybridized carbons (Fsp3) is 0. The zero-order chi connectivity index (χ0) is 42.4. The summed E-state index contributed by atoms with van der Waals surface area (Å²) < 4.78 is 6.20. The molecule has 0 saturated heterocycles. The lowest BCUT2D eigenvalue weighted by Crippen LogP contribution is -2.10. The van der Waals surface area contributed by atoms with Crippen LogP contribution in [-0.2, 0) is 0 Å². The minimum atomic E-state index is 0.636. The van der Waals surface area contributed by atoms with Crippen molar-refractivity contribution in [3.05, 3.63) is 243 Å². The van der Waals surface area contributed by atoms with Crippen LogP contribution in [0.5, 0.6) is 0 Å². The summed E-state index contributed by atoms with van der Waals surface area (Å²) in [6.07, 6.45) is 0. The third-order valence-corrected chi connectivity index (χ3v) is 12.5. The van der Waals surface area contributed by atoms with Crippen molar-refractivity contribution in [2.24, 2.45) is 0 Å². The molecule has 0 amide bonds. The van der Waals surface area contributed by atoms with Gasteiger partial charge >= 0.3 is 0 Å².